The van der Waals surface area contributed by atoms with E-state index in [9.17, 15) is 4.79 Å². The van der Waals surface area contributed by atoms with Crippen LogP contribution in [0.4, 0.5) is 5.13 Å². The Balaban J connectivity index is 2.04. The average Bonchev–Trinajstić information content (AvgIpc) is 2.94. The lowest BCUT2D eigenvalue weighted by molar-refractivity contribution is -0.115. The van der Waals surface area contributed by atoms with Crippen molar-refractivity contribution in [3.05, 3.63) is 23.8 Å². The zero-order valence-corrected chi connectivity index (χ0v) is 14.2. The van der Waals surface area contributed by atoms with Gasteiger partial charge < -0.3 is 14.8 Å². The van der Waals surface area contributed by atoms with Gasteiger partial charge in [-0.2, -0.15) is 0 Å². The Bertz CT molecular complexity index is 646. The lowest BCUT2D eigenvalue weighted by Gasteiger charge is -2.09. The van der Waals surface area contributed by atoms with Crippen molar-refractivity contribution in [2.75, 3.05) is 25.3 Å². The summed E-state index contributed by atoms with van der Waals surface area (Å²) in [7, 11) is 3.15. The molecule has 0 saturated heterocycles. The van der Waals surface area contributed by atoms with Gasteiger partial charge in [0.1, 0.15) is 11.5 Å². The average molecular weight is 339 g/mol. The predicted octanol–water partition coefficient (Wildman–Crippen LogP) is 2.85. The number of rotatable bonds is 7. The number of carbonyl (C=O) groups is 1. The standard InChI is InChI=1S/C14H17N3O3S2/c1-4-21-14-17-16-13(22-14)15-12(18)8-9-7-10(19-2)5-6-11(9)20-3/h5-7H,4,8H2,1-3H3,(H,15,16,18). The van der Waals surface area contributed by atoms with Crippen molar-refractivity contribution < 1.29 is 14.3 Å². The van der Waals surface area contributed by atoms with Gasteiger partial charge in [-0.15, -0.1) is 10.2 Å². The third-order valence-electron chi connectivity index (χ3n) is 2.76. The van der Waals surface area contributed by atoms with E-state index in [4.69, 9.17) is 9.47 Å². The number of ether oxygens (including phenoxy) is 2. The van der Waals surface area contributed by atoms with E-state index in [-0.39, 0.29) is 12.3 Å². The second-order valence-electron chi connectivity index (χ2n) is 4.21. The predicted molar refractivity (Wildman–Crippen MR) is 88.2 cm³/mol. The van der Waals surface area contributed by atoms with E-state index in [1.54, 1.807) is 44.2 Å². The van der Waals surface area contributed by atoms with Crippen LogP contribution in [0, 0.1) is 0 Å². The van der Waals surface area contributed by atoms with E-state index in [0.717, 1.165) is 15.7 Å². The smallest absolute Gasteiger partial charge is 0.230 e. The van der Waals surface area contributed by atoms with Crippen LogP contribution in [-0.2, 0) is 11.2 Å². The molecular formula is C14H17N3O3S2. The molecule has 1 aromatic heterocycles. The lowest BCUT2D eigenvalue weighted by Crippen LogP contribution is -2.14. The fourth-order valence-electron chi connectivity index (χ4n) is 1.80. The number of nitrogens with one attached hydrogen (secondary N) is 1. The van der Waals surface area contributed by atoms with Crippen molar-refractivity contribution in [1.29, 1.82) is 0 Å². The Hall–Kier alpha value is -1.80. The molecule has 6 nitrogen and oxygen atoms in total. The van der Waals surface area contributed by atoms with Crippen molar-refractivity contribution in [2.24, 2.45) is 0 Å². The first-order valence-corrected chi connectivity index (χ1v) is 8.43. The third kappa shape index (κ3) is 4.35. The Morgan fingerprint density at radius 2 is 2.14 bits per heavy atom. The number of carbonyl (C=O) groups excluding carboxylic acids is 1. The second-order valence-corrected chi connectivity index (χ2v) is 6.70. The number of anilines is 1. The summed E-state index contributed by atoms with van der Waals surface area (Å²) in [5.74, 6) is 2.08. The maximum Gasteiger partial charge on any atom is 0.230 e. The minimum atomic E-state index is -0.171. The SMILES string of the molecule is CCSc1nnc(NC(=O)Cc2cc(OC)ccc2OC)s1. The molecule has 0 bridgehead atoms. The zero-order chi connectivity index (χ0) is 15.9. The van der Waals surface area contributed by atoms with E-state index >= 15 is 0 Å². The highest BCUT2D eigenvalue weighted by Gasteiger charge is 2.12. The van der Waals surface area contributed by atoms with E-state index in [1.165, 1.54) is 11.3 Å². The van der Waals surface area contributed by atoms with Crippen LogP contribution in [0.2, 0.25) is 0 Å². The van der Waals surface area contributed by atoms with Gasteiger partial charge in [0.05, 0.1) is 20.6 Å². The Kier molecular flexibility index (Phi) is 6.02. The van der Waals surface area contributed by atoms with Gasteiger partial charge >= 0.3 is 0 Å². The molecular weight excluding hydrogens is 322 g/mol. The van der Waals surface area contributed by atoms with Gasteiger partial charge in [0.15, 0.2) is 4.34 Å². The topological polar surface area (TPSA) is 73.3 Å². The van der Waals surface area contributed by atoms with E-state index in [2.05, 4.69) is 15.5 Å². The molecule has 1 amide bonds. The lowest BCUT2D eigenvalue weighted by atomic mass is 10.1. The van der Waals surface area contributed by atoms with Crippen LogP contribution < -0.4 is 14.8 Å². The van der Waals surface area contributed by atoms with Gasteiger partial charge in [0, 0.05) is 5.56 Å². The minimum absolute atomic E-state index is 0.171. The molecule has 0 saturated carbocycles. The normalized spacial score (nSPS) is 10.3. The molecule has 0 fully saturated rings. The Labute approximate surface area is 137 Å². The highest BCUT2D eigenvalue weighted by molar-refractivity contribution is 8.01. The van der Waals surface area contributed by atoms with Crippen molar-refractivity contribution in [3.8, 4) is 11.5 Å². The van der Waals surface area contributed by atoms with Crippen LogP contribution in [0.3, 0.4) is 0 Å². The highest BCUT2D eigenvalue weighted by Crippen LogP contribution is 2.27. The van der Waals surface area contributed by atoms with Gasteiger partial charge in [0.2, 0.25) is 11.0 Å². The zero-order valence-electron chi connectivity index (χ0n) is 12.6. The van der Waals surface area contributed by atoms with Crippen molar-refractivity contribution in [2.45, 2.75) is 17.7 Å². The number of methoxy groups -OCH3 is 2. The van der Waals surface area contributed by atoms with Gasteiger partial charge in [0.25, 0.3) is 0 Å². The number of aromatic nitrogens is 2. The van der Waals surface area contributed by atoms with Crippen LogP contribution in [0.1, 0.15) is 12.5 Å². The molecule has 1 aromatic carbocycles. The molecule has 8 heteroatoms. The number of hydrogen-bond donors (Lipinski definition) is 1. The highest BCUT2D eigenvalue weighted by atomic mass is 32.2. The number of benzene rings is 1. The maximum absolute atomic E-state index is 12.1. The van der Waals surface area contributed by atoms with Crippen LogP contribution in [0.15, 0.2) is 22.5 Å². The van der Waals surface area contributed by atoms with Gasteiger partial charge in [-0.1, -0.05) is 30.0 Å². The van der Waals surface area contributed by atoms with Crippen LogP contribution >= 0.6 is 23.1 Å². The minimum Gasteiger partial charge on any atom is -0.497 e. The van der Waals surface area contributed by atoms with Gasteiger partial charge in [-0.25, -0.2) is 0 Å². The van der Waals surface area contributed by atoms with E-state index < -0.39 is 0 Å². The molecule has 0 atom stereocenters. The molecule has 0 unspecified atom stereocenters. The molecule has 1 heterocycles. The molecule has 22 heavy (non-hydrogen) atoms. The van der Waals surface area contributed by atoms with Crippen molar-refractivity contribution >= 4 is 34.1 Å². The molecule has 2 aromatic rings. The summed E-state index contributed by atoms with van der Waals surface area (Å²) >= 11 is 2.96. The quantitative estimate of drug-likeness (QED) is 0.618. The largest absolute Gasteiger partial charge is 0.497 e. The van der Waals surface area contributed by atoms with E-state index in [0.29, 0.717) is 16.6 Å². The first kappa shape index (κ1) is 16.6. The summed E-state index contributed by atoms with van der Waals surface area (Å²) in [6.45, 7) is 2.04. The molecule has 0 aliphatic carbocycles. The van der Waals surface area contributed by atoms with Gasteiger partial charge in [-0.05, 0) is 24.0 Å². The number of amides is 1. The monoisotopic (exact) mass is 339 g/mol. The summed E-state index contributed by atoms with van der Waals surface area (Å²) in [5, 5.41) is 11.2. The Morgan fingerprint density at radius 1 is 1.32 bits per heavy atom. The summed E-state index contributed by atoms with van der Waals surface area (Å²) in [5.41, 5.74) is 0.757. The summed E-state index contributed by atoms with van der Waals surface area (Å²) in [6.07, 6.45) is 0.177. The van der Waals surface area contributed by atoms with Crippen molar-refractivity contribution in [3.63, 3.8) is 0 Å². The molecule has 0 spiro atoms. The molecule has 0 aliphatic rings. The van der Waals surface area contributed by atoms with Gasteiger partial charge in [-0.3, -0.25) is 4.79 Å². The summed E-state index contributed by atoms with van der Waals surface area (Å²) < 4.78 is 11.3. The summed E-state index contributed by atoms with van der Waals surface area (Å²) in [4.78, 5) is 12.1. The van der Waals surface area contributed by atoms with Crippen LogP contribution in [0.5, 0.6) is 11.5 Å². The Morgan fingerprint density at radius 3 is 2.82 bits per heavy atom. The second kappa shape index (κ2) is 8.00. The molecule has 0 aliphatic heterocycles. The first-order chi connectivity index (χ1) is 10.7. The van der Waals surface area contributed by atoms with Crippen molar-refractivity contribution in [1.82, 2.24) is 10.2 Å². The van der Waals surface area contributed by atoms with E-state index in [1.807, 2.05) is 6.92 Å². The molecule has 1 N–H and O–H groups in total. The molecule has 2 rings (SSSR count). The molecule has 0 radical (unpaired) electrons. The number of thioether (sulfide) groups is 1. The fourth-order valence-corrected chi connectivity index (χ4v) is 3.46. The maximum atomic E-state index is 12.1. The first-order valence-electron chi connectivity index (χ1n) is 6.63. The molecule has 118 valence electrons. The van der Waals surface area contributed by atoms with Crippen LogP contribution in [-0.4, -0.2) is 36.1 Å². The third-order valence-corrected chi connectivity index (χ3v) is 4.61. The van der Waals surface area contributed by atoms with Crippen LogP contribution in [0.25, 0.3) is 0 Å². The summed E-state index contributed by atoms with van der Waals surface area (Å²) in [6, 6.07) is 5.36. The number of hydrogen-bond acceptors (Lipinski definition) is 7. The number of nitrogens with zero attached hydrogens (tertiary/aromatic N) is 2. The fraction of sp³-hybridized carbons (Fsp3) is 0.357.